The van der Waals surface area contributed by atoms with Gasteiger partial charge in [-0.3, -0.25) is 4.79 Å². The first-order valence-electron chi connectivity index (χ1n) is 9.62. The Kier molecular flexibility index (Phi) is 7.19. The highest BCUT2D eigenvalue weighted by molar-refractivity contribution is 7.17. The minimum atomic E-state index is -0.442. The van der Waals surface area contributed by atoms with Crippen LogP contribution < -0.4 is 19.5 Å². The lowest BCUT2D eigenvalue weighted by molar-refractivity contribution is -0.111. The van der Waals surface area contributed by atoms with Crippen LogP contribution in [0.2, 0.25) is 0 Å². The molecular weight excluding hydrogens is 420 g/mol. The predicted molar refractivity (Wildman–Crippen MR) is 119 cm³/mol. The molecule has 9 heteroatoms. The third-order valence-corrected chi connectivity index (χ3v) is 6.16. The van der Waals surface area contributed by atoms with E-state index < -0.39 is 5.97 Å². The summed E-state index contributed by atoms with van der Waals surface area (Å²) >= 11 is 1.41. The number of benzene rings is 1. The number of hydrogen-bond donors (Lipinski definition) is 1. The van der Waals surface area contributed by atoms with Crippen LogP contribution in [-0.2, 0) is 22.5 Å². The molecular formula is C22H26N2O6S. The molecule has 0 bridgehead atoms. The third-order valence-electron chi connectivity index (χ3n) is 5.02. The minimum Gasteiger partial charge on any atom is -0.493 e. The number of fused-ring (bicyclic) bond motifs is 1. The number of methoxy groups -OCH3 is 4. The van der Waals surface area contributed by atoms with Gasteiger partial charge in [-0.1, -0.05) is 0 Å². The molecule has 31 heavy (non-hydrogen) atoms. The predicted octanol–water partition coefficient (Wildman–Crippen LogP) is 3.20. The number of nitrogens with one attached hydrogen (secondary N) is 1. The number of amides is 1. The Labute approximate surface area is 185 Å². The van der Waals surface area contributed by atoms with Crippen LogP contribution in [0.1, 0.15) is 26.4 Å². The molecule has 1 aromatic heterocycles. The fourth-order valence-electron chi connectivity index (χ4n) is 3.51. The maximum atomic E-state index is 12.7. The van der Waals surface area contributed by atoms with Gasteiger partial charge in [-0.2, -0.15) is 0 Å². The lowest BCUT2D eigenvalue weighted by atomic mass is 10.0. The van der Waals surface area contributed by atoms with Gasteiger partial charge < -0.3 is 29.2 Å². The fourth-order valence-corrected chi connectivity index (χ4v) is 4.83. The van der Waals surface area contributed by atoms with Crippen molar-refractivity contribution < 1.29 is 28.5 Å². The van der Waals surface area contributed by atoms with Crippen molar-refractivity contribution in [1.29, 1.82) is 0 Å². The van der Waals surface area contributed by atoms with Gasteiger partial charge in [0.05, 0.1) is 34.0 Å². The molecule has 166 valence electrons. The summed E-state index contributed by atoms with van der Waals surface area (Å²) in [6.45, 7) is 1.58. The highest BCUT2D eigenvalue weighted by Crippen LogP contribution is 2.40. The first kappa shape index (κ1) is 22.6. The molecule has 3 rings (SSSR count). The van der Waals surface area contributed by atoms with Gasteiger partial charge in [0.15, 0.2) is 11.5 Å². The van der Waals surface area contributed by atoms with Crippen LogP contribution >= 0.6 is 11.3 Å². The van der Waals surface area contributed by atoms with Crippen LogP contribution in [0, 0.1) is 0 Å². The van der Waals surface area contributed by atoms with E-state index in [1.54, 1.807) is 18.2 Å². The quantitative estimate of drug-likeness (QED) is 0.516. The van der Waals surface area contributed by atoms with Crippen LogP contribution in [0.15, 0.2) is 18.2 Å². The number of thiophene rings is 1. The van der Waals surface area contributed by atoms with Gasteiger partial charge in [0, 0.05) is 29.6 Å². The molecule has 1 amide bonds. The summed E-state index contributed by atoms with van der Waals surface area (Å²) in [4.78, 5) is 28.3. The number of esters is 1. The number of likely N-dealkylation sites (N-methyl/N-ethyl adjacent to an activating group) is 1. The normalized spacial score (nSPS) is 13.6. The topological polar surface area (TPSA) is 86.3 Å². The number of nitrogens with zero attached hydrogens (tertiary/aromatic N) is 1. The molecule has 1 aliphatic rings. The number of carbonyl (C=O) groups is 2. The molecule has 1 N–H and O–H groups in total. The fraction of sp³-hybridized carbons (Fsp3) is 0.364. The van der Waals surface area contributed by atoms with E-state index in [0.29, 0.717) is 33.4 Å². The van der Waals surface area contributed by atoms with E-state index >= 15 is 0 Å². The Morgan fingerprint density at radius 1 is 1.10 bits per heavy atom. The third kappa shape index (κ3) is 4.67. The Balaban J connectivity index is 1.86. The van der Waals surface area contributed by atoms with Crippen LogP contribution in [0.5, 0.6) is 17.2 Å². The maximum absolute atomic E-state index is 12.7. The summed E-state index contributed by atoms with van der Waals surface area (Å²) in [5.74, 6) is 0.612. The monoisotopic (exact) mass is 446 g/mol. The van der Waals surface area contributed by atoms with Gasteiger partial charge in [0.25, 0.3) is 0 Å². The van der Waals surface area contributed by atoms with Crippen molar-refractivity contribution in [3.8, 4) is 17.2 Å². The van der Waals surface area contributed by atoms with E-state index in [0.717, 1.165) is 30.0 Å². The zero-order chi connectivity index (χ0) is 22.5. The van der Waals surface area contributed by atoms with Crippen LogP contribution in [0.25, 0.3) is 6.08 Å². The summed E-state index contributed by atoms with van der Waals surface area (Å²) < 4.78 is 21.0. The van der Waals surface area contributed by atoms with E-state index in [2.05, 4.69) is 10.2 Å². The van der Waals surface area contributed by atoms with Gasteiger partial charge in [0.2, 0.25) is 11.7 Å². The molecule has 2 aromatic rings. The molecule has 0 fully saturated rings. The summed E-state index contributed by atoms with van der Waals surface area (Å²) in [7, 11) is 7.95. The van der Waals surface area contributed by atoms with Gasteiger partial charge in [-0.25, -0.2) is 4.79 Å². The van der Waals surface area contributed by atoms with Crippen molar-refractivity contribution in [2.24, 2.45) is 0 Å². The lowest BCUT2D eigenvalue weighted by Gasteiger charge is -2.22. The van der Waals surface area contributed by atoms with Crippen molar-refractivity contribution >= 4 is 34.3 Å². The molecule has 0 atom stereocenters. The van der Waals surface area contributed by atoms with Crippen LogP contribution in [-0.4, -0.2) is 58.8 Å². The number of ether oxygens (including phenoxy) is 4. The van der Waals surface area contributed by atoms with Crippen LogP contribution in [0.4, 0.5) is 5.00 Å². The summed E-state index contributed by atoms with van der Waals surface area (Å²) in [6.07, 6.45) is 3.74. The van der Waals surface area contributed by atoms with E-state index in [4.69, 9.17) is 18.9 Å². The van der Waals surface area contributed by atoms with E-state index in [1.165, 1.54) is 45.9 Å². The Morgan fingerprint density at radius 3 is 2.48 bits per heavy atom. The van der Waals surface area contributed by atoms with Crippen molar-refractivity contribution in [2.75, 3.05) is 47.3 Å². The first-order chi connectivity index (χ1) is 14.9. The summed E-state index contributed by atoms with van der Waals surface area (Å²) in [5.41, 5.74) is 2.05. The number of rotatable bonds is 7. The molecule has 0 saturated heterocycles. The smallest absolute Gasteiger partial charge is 0.341 e. The molecule has 0 spiro atoms. The molecule has 0 saturated carbocycles. The van der Waals surface area contributed by atoms with Crippen LogP contribution in [0.3, 0.4) is 0 Å². The van der Waals surface area contributed by atoms with Gasteiger partial charge in [-0.05, 0) is 37.2 Å². The number of anilines is 1. The molecule has 0 aliphatic carbocycles. The summed E-state index contributed by atoms with van der Waals surface area (Å²) in [5, 5.41) is 3.33. The van der Waals surface area contributed by atoms with Crippen molar-refractivity contribution in [3.05, 3.63) is 39.8 Å². The second kappa shape index (κ2) is 9.84. The molecule has 2 heterocycles. The molecule has 0 radical (unpaired) electrons. The standard InChI is InChI=1S/C22H26N2O6S/c1-24-11-10-14-16(12-24)31-21(18(14)22(26)30-5)23-17(25)9-7-13-6-8-15(27-2)20(29-4)19(13)28-3/h6-9H,10-12H2,1-5H3,(H,23,25)/b9-7+. The van der Waals surface area contributed by atoms with Crippen molar-refractivity contribution in [1.82, 2.24) is 4.90 Å². The molecule has 8 nitrogen and oxygen atoms in total. The highest BCUT2D eigenvalue weighted by Gasteiger charge is 2.28. The molecule has 1 aliphatic heterocycles. The highest BCUT2D eigenvalue weighted by atomic mass is 32.1. The second-order valence-corrected chi connectivity index (χ2v) is 8.04. The largest absolute Gasteiger partial charge is 0.493 e. The Morgan fingerprint density at radius 2 is 1.84 bits per heavy atom. The summed E-state index contributed by atoms with van der Waals surface area (Å²) in [6, 6.07) is 3.50. The SMILES string of the molecule is COC(=O)c1c(NC(=O)/C=C/c2ccc(OC)c(OC)c2OC)sc2c1CCN(C)C2. The maximum Gasteiger partial charge on any atom is 0.341 e. The van der Waals surface area contributed by atoms with E-state index in [-0.39, 0.29) is 5.91 Å². The zero-order valence-electron chi connectivity index (χ0n) is 18.2. The molecule has 1 aromatic carbocycles. The molecule has 0 unspecified atom stereocenters. The van der Waals surface area contributed by atoms with Gasteiger partial charge >= 0.3 is 5.97 Å². The van der Waals surface area contributed by atoms with E-state index in [9.17, 15) is 9.59 Å². The van der Waals surface area contributed by atoms with Gasteiger partial charge in [0.1, 0.15) is 5.00 Å². The minimum absolute atomic E-state index is 0.367. The zero-order valence-corrected chi connectivity index (χ0v) is 19.1. The van der Waals surface area contributed by atoms with E-state index in [1.807, 2.05) is 7.05 Å². The Bertz CT molecular complexity index is 1010. The van der Waals surface area contributed by atoms with Crippen molar-refractivity contribution in [2.45, 2.75) is 13.0 Å². The second-order valence-electron chi connectivity index (χ2n) is 6.93. The first-order valence-corrected chi connectivity index (χ1v) is 10.4. The van der Waals surface area contributed by atoms with Gasteiger partial charge in [-0.15, -0.1) is 11.3 Å². The number of carbonyl (C=O) groups excluding carboxylic acids is 2. The lowest BCUT2D eigenvalue weighted by Crippen LogP contribution is -2.26. The Hall–Kier alpha value is -3.04. The van der Waals surface area contributed by atoms with Crippen molar-refractivity contribution in [3.63, 3.8) is 0 Å². The average molecular weight is 447 g/mol. The number of hydrogen-bond acceptors (Lipinski definition) is 8. The average Bonchev–Trinajstić information content (AvgIpc) is 3.12.